The fourth-order valence-corrected chi connectivity index (χ4v) is 3.12. The topological polar surface area (TPSA) is 49.0 Å². The molecule has 2 heterocycles. The highest BCUT2D eigenvalue weighted by Crippen LogP contribution is 2.14. The maximum absolute atomic E-state index is 12.2. The van der Waals surface area contributed by atoms with Crippen molar-refractivity contribution in [2.45, 2.75) is 13.1 Å². The Hall–Kier alpha value is -2.24. The van der Waals surface area contributed by atoms with Gasteiger partial charge in [0.05, 0.1) is 11.0 Å². The number of thiophene rings is 1. The second-order valence-electron chi connectivity index (χ2n) is 5.07. The Balaban J connectivity index is 1.87. The number of aromatic nitrogens is 2. The van der Waals surface area contributed by atoms with E-state index in [0.717, 1.165) is 17.6 Å². The predicted molar refractivity (Wildman–Crippen MR) is 91.0 cm³/mol. The van der Waals surface area contributed by atoms with Crippen LogP contribution in [0.25, 0.3) is 11.0 Å². The summed E-state index contributed by atoms with van der Waals surface area (Å²) in [6.45, 7) is 5.81. The summed E-state index contributed by atoms with van der Waals surface area (Å²) in [7, 11) is 0. The molecule has 112 valence electrons. The minimum absolute atomic E-state index is 0.126. The number of fused-ring (bicyclic) bond motifs is 1. The smallest absolute Gasteiger partial charge is 0.271 e. The van der Waals surface area contributed by atoms with Crippen LogP contribution in [-0.4, -0.2) is 21.4 Å². The summed E-state index contributed by atoms with van der Waals surface area (Å²) in [5.74, 6) is 0. The molecule has 5 heteroatoms. The number of nitrogens with one attached hydrogen (secondary N) is 1. The lowest BCUT2D eigenvalue weighted by atomic mass is 10.3. The van der Waals surface area contributed by atoms with Crippen molar-refractivity contribution < 1.29 is 0 Å². The zero-order valence-electron chi connectivity index (χ0n) is 12.2. The molecule has 0 bridgehead atoms. The van der Waals surface area contributed by atoms with Crippen LogP contribution in [0.5, 0.6) is 0 Å². The number of aromatic amines is 1. The second-order valence-corrected chi connectivity index (χ2v) is 6.10. The van der Waals surface area contributed by atoms with Gasteiger partial charge in [0.25, 0.3) is 5.56 Å². The third kappa shape index (κ3) is 3.32. The molecule has 4 nitrogen and oxygen atoms in total. The number of hydrogen-bond acceptors (Lipinski definition) is 4. The maximum Gasteiger partial charge on any atom is 0.271 e. The number of para-hydroxylation sites is 2. The van der Waals surface area contributed by atoms with Gasteiger partial charge in [0.2, 0.25) is 0 Å². The second kappa shape index (κ2) is 6.68. The summed E-state index contributed by atoms with van der Waals surface area (Å²) in [6.07, 6.45) is 1.85. The van der Waals surface area contributed by atoms with Crippen molar-refractivity contribution in [1.29, 1.82) is 0 Å². The van der Waals surface area contributed by atoms with Gasteiger partial charge in [-0.2, -0.15) is 0 Å². The van der Waals surface area contributed by atoms with Crippen molar-refractivity contribution in [2.75, 3.05) is 6.54 Å². The quantitative estimate of drug-likeness (QED) is 0.711. The van der Waals surface area contributed by atoms with Crippen LogP contribution in [0.1, 0.15) is 10.6 Å². The van der Waals surface area contributed by atoms with E-state index in [9.17, 15) is 4.79 Å². The van der Waals surface area contributed by atoms with Crippen LogP contribution >= 0.6 is 11.3 Å². The molecule has 0 atom stereocenters. The van der Waals surface area contributed by atoms with Crippen LogP contribution in [0.3, 0.4) is 0 Å². The van der Waals surface area contributed by atoms with Crippen molar-refractivity contribution in [2.24, 2.45) is 0 Å². The molecular weight excluding hydrogens is 294 g/mol. The first kappa shape index (κ1) is 14.7. The third-order valence-corrected chi connectivity index (χ3v) is 4.25. The Kier molecular flexibility index (Phi) is 4.46. The highest BCUT2D eigenvalue weighted by atomic mass is 32.1. The molecule has 1 N–H and O–H groups in total. The molecule has 0 aliphatic heterocycles. The average Bonchev–Trinajstić information content (AvgIpc) is 3.01. The number of H-pyrrole nitrogens is 1. The lowest BCUT2D eigenvalue weighted by Gasteiger charge is -2.19. The molecule has 2 aromatic heterocycles. The first-order valence-corrected chi connectivity index (χ1v) is 7.98. The van der Waals surface area contributed by atoms with E-state index < -0.39 is 0 Å². The van der Waals surface area contributed by atoms with Crippen molar-refractivity contribution >= 4 is 22.4 Å². The molecule has 1 aromatic carbocycles. The van der Waals surface area contributed by atoms with Crippen molar-refractivity contribution in [1.82, 2.24) is 14.9 Å². The zero-order chi connectivity index (χ0) is 15.4. The number of rotatable bonds is 6. The van der Waals surface area contributed by atoms with Crippen LogP contribution < -0.4 is 5.56 Å². The number of nitrogens with zero attached hydrogens (tertiary/aromatic N) is 2. The summed E-state index contributed by atoms with van der Waals surface area (Å²) in [5.41, 5.74) is 1.99. The monoisotopic (exact) mass is 311 g/mol. The SMILES string of the molecule is C=CCN(Cc1cccs1)Cc1nc2ccccc2[nH]c1=O. The Bertz CT molecular complexity index is 823. The van der Waals surface area contributed by atoms with Crippen LogP contribution in [0.15, 0.2) is 59.2 Å². The predicted octanol–water partition coefficient (Wildman–Crippen LogP) is 3.17. The third-order valence-electron chi connectivity index (χ3n) is 3.39. The Morgan fingerprint density at radius 3 is 2.86 bits per heavy atom. The zero-order valence-corrected chi connectivity index (χ0v) is 13.0. The lowest BCUT2D eigenvalue weighted by molar-refractivity contribution is 0.284. The highest BCUT2D eigenvalue weighted by molar-refractivity contribution is 7.09. The van der Waals surface area contributed by atoms with Gasteiger partial charge in [-0.15, -0.1) is 17.9 Å². The standard InChI is InChI=1S/C17H17N3OS/c1-2-9-20(11-13-6-5-10-22-13)12-16-17(21)19-15-8-4-3-7-14(15)18-16/h2-8,10H,1,9,11-12H2,(H,19,21). The van der Waals surface area contributed by atoms with Crippen molar-refractivity contribution in [3.8, 4) is 0 Å². The average molecular weight is 311 g/mol. The molecule has 0 saturated carbocycles. The van der Waals surface area contributed by atoms with Crippen LogP contribution in [-0.2, 0) is 13.1 Å². The van der Waals surface area contributed by atoms with E-state index in [-0.39, 0.29) is 5.56 Å². The van der Waals surface area contributed by atoms with E-state index in [4.69, 9.17) is 0 Å². The molecular formula is C17H17N3OS. The molecule has 0 aliphatic rings. The number of benzene rings is 1. The highest BCUT2D eigenvalue weighted by Gasteiger charge is 2.11. The minimum Gasteiger partial charge on any atom is -0.319 e. The summed E-state index contributed by atoms with van der Waals surface area (Å²) in [6, 6.07) is 11.7. The lowest BCUT2D eigenvalue weighted by Crippen LogP contribution is -2.27. The van der Waals surface area contributed by atoms with Crippen molar-refractivity contribution in [3.05, 3.63) is 75.4 Å². The van der Waals surface area contributed by atoms with E-state index in [2.05, 4.69) is 32.9 Å². The van der Waals surface area contributed by atoms with Gasteiger partial charge in [-0.3, -0.25) is 9.69 Å². The minimum atomic E-state index is -0.126. The van der Waals surface area contributed by atoms with Gasteiger partial charge in [-0.05, 0) is 23.6 Å². The Labute approximate surface area is 132 Å². The largest absolute Gasteiger partial charge is 0.319 e. The van der Waals surface area contributed by atoms with Crippen molar-refractivity contribution in [3.63, 3.8) is 0 Å². The van der Waals surface area contributed by atoms with Crippen LogP contribution in [0.4, 0.5) is 0 Å². The van der Waals surface area contributed by atoms with E-state index in [1.807, 2.05) is 36.4 Å². The van der Waals surface area contributed by atoms with Gasteiger partial charge in [0, 0.05) is 24.5 Å². The Morgan fingerprint density at radius 2 is 2.09 bits per heavy atom. The van der Waals surface area contributed by atoms with Gasteiger partial charge >= 0.3 is 0 Å². The van der Waals surface area contributed by atoms with Crippen LogP contribution in [0.2, 0.25) is 0 Å². The van der Waals surface area contributed by atoms with Gasteiger partial charge < -0.3 is 4.98 Å². The molecule has 0 aliphatic carbocycles. The first-order valence-electron chi connectivity index (χ1n) is 7.10. The molecule has 0 amide bonds. The maximum atomic E-state index is 12.2. The number of hydrogen-bond donors (Lipinski definition) is 1. The molecule has 22 heavy (non-hydrogen) atoms. The summed E-state index contributed by atoms with van der Waals surface area (Å²) in [4.78, 5) is 23.0. The molecule has 0 fully saturated rings. The van der Waals surface area contributed by atoms with Gasteiger partial charge in [0.15, 0.2) is 0 Å². The molecule has 0 radical (unpaired) electrons. The Morgan fingerprint density at radius 1 is 1.23 bits per heavy atom. The fraction of sp³-hybridized carbons (Fsp3) is 0.176. The van der Waals surface area contributed by atoms with Gasteiger partial charge in [0.1, 0.15) is 5.69 Å². The molecule has 0 spiro atoms. The first-order chi connectivity index (χ1) is 10.8. The van der Waals surface area contributed by atoms with E-state index in [1.165, 1.54) is 4.88 Å². The van der Waals surface area contributed by atoms with E-state index >= 15 is 0 Å². The molecule has 3 rings (SSSR count). The summed E-state index contributed by atoms with van der Waals surface area (Å²) in [5, 5.41) is 2.06. The summed E-state index contributed by atoms with van der Waals surface area (Å²) < 4.78 is 0. The van der Waals surface area contributed by atoms with E-state index in [0.29, 0.717) is 18.8 Å². The van der Waals surface area contributed by atoms with E-state index in [1.54, 1.807) is 11.3 Å². The fourth-order valence-electron chi connectivity index (χ4n) is 2.38. The molecule has 0 unspecified atom stereocenters. The van der Waals surface area contributed by atoms with Gasteiger partial charge in [-0.1, -0.05) is 24.3 Å². The van der Waals surface area contributed by atoms with Gasteiger partial charge in [-0.25, -0.2) is 4.98 Å². The summed E-state index contributed by atoms with van der Waals surface area (Å²) >= 11 is 1.71. The molecule has 3 aromatic rings. The normalized spacial score (nSPS) is 11.1. The van der Waals surface area contributed by atoms with Crippen LogP contribution in [0, 0.1) is 0 Å². The molecule has 0 saturated heterocycles.